The number of ether oxygens (including phenoxy) is 2. The lowest BCUT2D eigenvalue weighted by atomic mass is 10.1. The Morgan fingerprint density at radius 3 is 2.71 bits per heavy atom. The summed E-state index contributed by atoms with van der Waals surface area (Å²) in [4.78, 5) is 12.3. The summed E-state index contributed by atoms with van der Waals surface area (Å²) in [6.07, 6.45) is 3.33. The van der Waals surface area contributed by atoms with E-state index in [-0.39, 0.29) is 17.8 Å². The molecule has 1 saturated heterocycles. The minimum atomic E-state index is -0.372. The van der Waals surface area contributed by atoms with Crippen LogP contribution in [-0.4, -0.2) is 25.2 Å². The second kappa shape index (κ2) is 7.93. The van der Waals surface area contributed by atoms with Gasteiger partial charge in [0.05, 0.1) is 11.8 Å². The van der Waals surface area contributed by atoms with E-state index in [1.165, 1.54) is 24.3 Å². The van der Waals surface area contributed by atoms with Crippen molar-refractivity contribution >= 4 is 11.6 Å². The topological polar surface area (TPSA) is 47.6 Å². The van der Waals surface area contributed by atoms with E-state index in [1.807, 2.05) is 18.2 Å². The van der Waals surface area contributed by atoms with Crippen LogP contribution in [0.2, 0.25) is 0 Å². The number of carbonyl (C=O) groups excluding carboxylic acids is 1. The molecule has 0 saturated carbocycles. The van der Waals surface area contributed by atoms with Crippen molar-refractivity contribution in [3.8, 4) is 5.75 Å². The predicted octanol–water partition coefficient (Wildman–Crippen LogP) is 4.03. The number of benzene rings is 2. The number of rotatable bonds is 5. The second-order valence-corrected chi connectivity index (χ2v) is 5.76. The fourth-order valence-electron chi connectivity index (χ4n) is 2.61. The smallest absolute Gasteiger partial charge is 0.255 e. The van der Waals surface area contributed by atoms with E-state index < -0.39 is 0 Å². The number of hydrogen-bond acceptors (Lipinski definition) is 3. The van der Waals surface area contributed by atoms with Gasteiger partial charge in [-0.1, -0.05) is 12.1 Å². The first kappa shape index (κ1) is 16.5. The molecule has 0 aromatic heterocycles. The first-order valence-electron chi connectivity index (χ1n) is 8.13. The highest BCUT2D eigenvalue weighted by molar-refractivity contribution is 6.04. The zero-order valence-corrected chi connectivity index (χ0v) is 13.3. The minimum Gasteiger partial charge on any atom is -0.489 e. The van der Waals surface area contributed by atoms with Gasteiger partial charge >= 0.3 is 0 Å². The number of hydrogen-bond donors (Lipinski definition) is 1. The van der Waals surface area contributed by atoms with E-state index in [9.17, 15) is 9.18 Å². The predicted molar refractivity (Wildman–Crippen MR) is 89.9 cm³/mol. The molecule has 0 aliphatic carbocycles. The van der Waals surface area contributed by atoms with Crippen LogP contribution in [0.3, 0.4) is 0 Å². The van der Waals surface area contributed by atoms with E-state index >= 15 is 0 Å². The largest absolute Gasteiger partial charge is 0.489 e. The highest BCUT2D eigenvalue weighted by Gasteiger charge is 2.16. The van der Waals surface area contributed by atoms with Gasteiger partial charge in [0.2, 0.25) is 0 Å². The number of carbonyl (C=O) groups is 1. The molecule has 1 aliphatic rings. The summed E-state index contributed by atoms with van der Waals surface area (Å²) in [5, 5.41) is 2.81. The van der Waals surface area contributed by atoms with Crippen LogP contribution < -0.4 is 10.1 Å². The van der Waals surface area contributed by atoms with Gasteiger partial charge in [0.15, 0.2) is 0 Å². The van der Waals surface area contributed by atoms with Crippen LogP contribution in [0.25, 0.3) is 0 Å². The molecule has 1 N–H and O–H groups in total. The van der Waals surface area contributed by atoms with Gasteiger partial charge in [0.25, 0.3) is 5.91 Å². The molecule has 0 unspecified atom stereocenters. The molecule has 2 aromatic rings. The Balaban J connectivity index is 1.64. The van der Waals surface area contributed by atoms with Crippen LogP contribution in [0.5, 0.6) is 5.75 Å². The maximum atomic E-state index is 13.0. The molecule has 3 rings (SSSR count). The van der Waals surface area contributed by atoms with Crippen LogP contribution in [0.4, 0.5) is 10.1 Å². The third-order valence-electron chi connectivity index (χ3n) is 3.94. The molecule has 5 heteroatoms. The van der Waals surface area contributed by atoms with Crippen molar-refractivity contribution in [2.24, 2.45) is 0 Å². The minimum absolute atomic E-state index is 0.0969. The fourth-order valence-corrected chi connectivity index (χ4v) is 2.61. The summed E-state index contributed by atoms with van der Waals surface area (Å²) in [5.41, 5.74) is 0.976. The molecule has 1 heterocycles. The quantitative estimate of drug-likeness (QED) is 0.901. The number of halogens is 1. The maximum Gasteiger partial charge on any atom is 0.255 e. The second-order valence-electron chi connectivity index (χ2n) is 5.76. The Labute approximate surface area is 140 Å². The van der Waals surface area contributed by atoms with Crippen LogP contribution in [0.15, 0.2) is 48.5 Å². The van der Waals surface area contributed by atoms with Crippen molar-refractivity contribution in [1.29, 1.82) is 0 Å². The van der Waals surface area contributed by atoms with E-state index in [2.05, 4.69) is 5.32 Å². The summed E-state index contributed by atoms with van der Waals surface area (Å²) in [6.45, 7) is 1.24. The highest BCUT2D eigenvalue weighted by Crippen LogP contribution is 2.25. The average Bonchev–Trinajstić information content (AvgIpc) is 2.62. The molecular weight excluding hydrogens is 309 g/mol. The Hall–Kier alpha value is -2.40. The Morgan fingerprint density at radius 1 is 1.17 bits per heavy atom. The molecule has 0 spiro atoms. The SMILES string of the molecule is O=C(Nc1ccccc1OC[C@H]1CCCCO1)c1ccc(F)cc1. The van der Waals surface area contributed by atoms with Gasteiger partial charge in [-0.2, -0.15) is 0 Å². The van der Waals surface area contributed by atoms with Crippen molar-refractivity contribution in [1.82, 2.24) is 0 Å². The Morgan fingerprint density at radius 2 is 1.96 bits per heavy atom. The number of nitrogens with one attached hydrogen (secondary N) is 1. The molecule has 126 valence electrons. The van der Waals surface area contributed by atoms with Gasteiger partial charge in [-0.3, -0.25) is 4.79 Å². The van der Waals surface area contributed by atoms with Crippen molar-refractivity contribution < 1.29 is 18.7 Å². The fraction of sp³-hybridized carbons (Fsp3) is 0.316. The van der Waals surface area contributed by atoms with Crippen molar-refractivity contribution in [2.75, 3.05) is 18.5 Å². The van der Waals surface area contributed by atoms with Crippen molar-refractivity contribution in [2.45, 2.75) is 25.4 Å². The normalized spacial score (nSPS) is 17.3. The van der Waals surface area contributed by atoms with Gasteiger partial charge in [0, 0.05) is 12.2 Å². The zero-order valence-electron chi connectivity index (χ0n) is 13.3. The summed E-state index contributed by atoms with van der Waals surface area (Å²) in [7, 11) is 0. The molecule has 1 aliphatic heterocycles. The van der Waals surface area contributed by atoms with Gasteiger partial charge in [-0.05, 0) is 55.7 Å². The van der Waals surface area contributed by atoms with Crippen LogP contribution in [0, 0.1) is 5.82 Å². The van der Waals surface area contributed by atoms with Crippen molar-refractivity contribution in [3.63, 3.8) is 0 Å². The standard InChI is InChI=1S/C19H20FNO3/c20-15-10-8-14(9-11-15)19(22)21-17-6-1-2-7-18(17)24-13-16-5-3-4-12-23-16/h1-2,6-11,16H,3-5,12-13H2,(H,21,22)/t16-/m1/s1. The summed E-state index contributed by atoms with van der Waals surface area (Å²) in [6, 6.07) is 12.7. The number of para-hydroxylation sites is 2. The van der Waals surface area contributed by atoms with E-state index in [0.717, 1.165) is 25.9 Å². The van der Waals surface area contributed by atoms with E-state index in [1.54, 1.807) is 6.07 Å². The zero-order chi connectivity index (χ0) is 16.8. The molecule has 1 amide bonds. The maximum absolute atomic E-state index is 13.0. The lowest BCUT2D eigenvalue weighted by Crippen LogP contribution is -2.26. The van der Waals surface area contributed by atoms with Gasteiger partial charge in [-0.15, -0.1) is 0 Å². The molecule has 2 aromatic carbocycles. The third kappa shape index (κ3) is 4.32. The molecule has 0 bridgehead atoms. The Kier molecular flexibility index (Phi) is 5.43. The Bertz CT molecular complexity index is 681. The molecule has 1 atom stereocenters. The molecule has 0 radical (unpaired) electrons. The number of amides is 1. The monoisotopic (exact) mass is 329 g/mol. The van der Waals surface area contributed by atoms with Gasteiger partial charge in [-0.25, -0.2) is 4.39 Å². The van der Waals surface area contributed by atoms with Gasteiger partial charge in [0.1, 0.15) is 18.2 Å². The summed E-state index contributed by atoms with van der Waals surface area (Å²) < 4.78 is 24.4. The lowest BCUT2D eigenvalue weighted by Gasteiger charge is -2.23. The molecule has 1 fully saturated rings. The van der Waals surface area contributed by atoms with Crippen LogP contribution >= 0.6 is 0 Å². The first-order valence-corrected chi connectivity index (χ1v) is 8.13. The van der Waals surface area contributed by atoms with E-state index in [4.69, 9.17) is 9.47 Å². The van der Waals surface area contributed by atoms with E-state index in [0.29, 0.717) is 23.6 Å². The van der Waals surface area contributed by atoms with Crippen LogP contribution in [0.1, 0.15) is 29.6 Å². The highest BCUT2D eigenvalue weighted by atomic mass is 19.1. The number of anilines is 1. The lowest BCUT2D eigenvalue weighted by molar-refractivity contribution is -0.0109. The summed E-state index contributed by atoms with van der Waals surface area (Å²) in [5.74, 6) is -0.0788. The van der Waals surface area contributed by atoms with Crippen LogP contribution in [-0.2, 0) is 4.74 Å². The molecule has 24 heavy (non-hydrogen) atoms. The summed E-state index contributed by atoms with van der Waals surface area (Å²) >= 11 is 0. The third-order valence-corrected chi connectivity index (χ3v) is 3.94. The first-order chi connectivity index (χ1) is 11.7. The molecule has 4 nitrogen and oxygen atoms in total. The average molecular weight is 329 g/mol. The molecular formula is C19H20FNO3. The van der Waals surface area contributed by atoms with Gasteiger partial charge < -0.3 is 14.8 Å². The van der Waals surface area contributed by atoms with Crippen molar-refractivity contribution in [3.05, 3.63) is 59.9 Å².